The number of imidazole rings is 2. The third-order valence-electron chi connectivity index (χ3n) is 11.1. The van der Waals surface area contributed by atoms with Crippen LogP contribution in [0.3, 0.4) is 0 Å². The molecule has 4 aromatic rings. The summed E-state index contributed by atoms with van der Waals surface area (Å²) in [7, 11) is 3.85. The number of nitrogens with zero attached hydrogens (tertiary/aromatic N) is 6. The second-order valence-corrected chi connectivity index (χ2v) is 14.5. The Kier molecular flexibility index (Phi) is 9.39. The number of amides is 2. The monoisotopic (exact) mass is 682 g/mol. The summed E-state index contributed by atoms with van der Waals surface area (Å²) in [6.45, 7) is 10.9. The van der Waals surface area contributed by atoms with Crippen LogP contribution in [0.4, 0.5) is 11.4 Å². The molecule has 11 heteroatoms. The first-order valence-electron chi connectivity index (χ1n) is 17.7. The number of anilines is 2. The fraction of sp³-hybridized carbons (Fsp3) is 0.474. The van der Waals surface area contributed by atoms with Crippen LogP contribution in [0.2, 0.25) is 5.02 Å². The summed E-state index contributed by atoms with van der Waals surface area (Å²) in [5, 5.41) is 6.55. The molecular weight excluding hydrogens is 636 g/mol. The molecule has 49 heavy (non-hydrogen) atoms. The zero-order valence-electron chi connectivity index (χ0n) is 29.3. The van der Waals surface area contributed by atoms with E-state index in [1.54, 1.807) is 6.07 Å². The highest BCUT2D eigenvalue weighted by Gasteiger charge is 2.31. The maximum atomic E-state index is 13.7. The Bertz CT molecular complexity index is 1900. The number of nitrogens with one attached hydrogen (secondary N) is 2. The molecule has 1 aliphatic carbocycles. The molecule has 10 nitrogen and oxygen atoms in total. The lowest BCUT2D eigenvalue weighted by molar-refractivity contribution is 0.100. The molecule has 0 bridgehead atoms. The first-order chi connectivity index (χ1) is 23.6. The molecular formula is C38H47ClN8O2. The molecule has 2 amide bonds. The highest BCUT2D eigenvalue weighted by Crippen LogP contribution is 2.38. The third kappa shape index (κ3) is 6.42. The molecule has 0 spiro atoms. The van der Waals surface area contributed by atoms with Crippen molar-refractivity contribution in [3.8, 4) is 11.1 Å². The van der Waals surface area contributed by atoms with E-state index in [4.69, 9.17) is 21.6 Å². The number of hydrogen-bond donors (Lipinski definition) is 2. The van der Waals surface area contributed by atoms with E-state index in [9.17, 15) is 9.59 Å². The van der Waals surface area contributed by atoms with Crippen LogP contribution in [0.1, 0.15) is 89.1 Å². The van der Waals surface area contributed by atoms with Crippen LogP contribution in [0, 0.1) is 12.8 Å². The maximum Gasteiger partial charge on any atom is 0.291 e. The van der Waals surface area contributed by atoms with Gasteiger partial charge in [-0.25, -0.2) is 9.97 Å². The Balaban J connectivity index is 1.08. The molecule has 0 atom stereocenters. The predicted molar refractivity (Wildman–Crippen MR) is 194 cm³/mol. The van der Waals surface area contributed by atoms with Gasteiger partial charge in [0, 0.05) is 81.8 Å². The Hall–Kier alpha value is -3.99. The summed E-state index contributed by atoms with van der Waals surface area (Å²) in [5.41, 5.74) is 7.91. The van der Waals surface area contributed by atoms with Crippen LogP contribution in [-0.4, -0.2) is 66.4 Å². The minimum atomic E-state index is -0.300. The summed E-state index contributed by atoms with van der Waals surface area (Å²) < 4.78 is 3.86. The molecule has 2 N–H and O–H groups in total. The van der Waals surface area contributed by atoms with Gasteiger partial charge in [0.2, 0.25) is 0 Å². The van der Waals surface area contributed by atoms with Gasteiger partial charge in [-0.15, -0.1) is 0 Å². The van der Waals surface area contributed by atoms with E-state index in [0.29, 0.717) is 34.1 Å². The van der Waals surface area contributed by atoms with Crippen molar-refractivity contribution in [3.05, 3.63) is 81.4 Å². The summed E-state index contributed by atoms with van der Waals surface area (Å²) in [4.78, 5) is 41.6. The van der Waals surface area contributed by atoms with Gasteiger partial charge >= 0.3 is 0 Å². The summed E-state index contributed by atoms with van der Waals surface area (Å²) in [6.07, 6.45) is 6.83. The van der Waals surface area contributed by atoms with Crippen molar-refractivity contribution in [2.24, 2.45) is 20.0 Å². The first-order valence-corrected chi connectivity index (χ1v) is 18.1. The van der Waals surface area contributed by atoms with Crippen molar-refractivity contribution in [3.63, 3.8) is 0 Å². The van der Waals surface area contributed by atoms with E-state index in [-0.39, 0.29) is 11.8 Å². The Morgan fingerprint density at radius 1 is 0.816 bits per heavy atom. The molecule has 7 rings (SSSR count). The average Bonchev–Trinajstić information content (AvgIpc) is 3.62. The highest BCUT2D eigenvalue weighted by atomic mass is 35.5. The van der Waals surface area contributed by atoms with Gasteiger partial charge in [0.25, 0.3) is 11.8 Å². The zero-order valence-corrected chi connectivity index (χ0v) is 30.0. The van der Waals surface area contributed by atoms with Crippen LogP contribution in [-0.2, 0) is 40.0 Å². The van der Waals surface area contributed by atoms with E-state index in [0.717, 1.165) is 90.9 Å². The molecule has 1 saturated carbocycles. The quantitative estimate of drug-likeness (QED) is 0.228. The van der Waals surface area contributed by atoms with Gasteiger partial charge in [-0.2, -0.15) is 0 Å². The van der Waals surface area contributed by atoms with E-state index in [1.807, 2.05) is 60.5 Å². The standard InChI is InChI=1S/C38H47ClN8O2/c1-6-46-19-17-32-30(21-46)40-36(44(32)4)38(49)43-29-12-8-10-27(34(29)39)26-9-7-11-28(24(26)3)42-37(48)35-41-31-22-47(20-18-33(31)45(35)5)25-15-13-23(2)14-16-25/h7-12,23,25H,6,13-22H2,1-5H3,(H,42,48)(H,43,49). The van der Waals surface area contributed by atoms with Crippen LogP contribution < -0.4 is 10.6 Å². The van der Waals surface area contributed by atoms with Gasteiger partial charge in [-0.05, 0) is 68.3 Å². The number of carbonyl (C=O) groups excluding carboxylic acids is 2. The molecule has 2 aliphatic heterocycles. The summed E-state index contributed by atoms with van der Waals surface area (Å²) in [5.74, 6) is 1.08. The SMILES string of the molecule is CCN1CCc2c(nc(C(=O)Nc3cccc(-c4cccc(NC(=O)c5nc6c(n5C)CCN(C5CCC(C)CC5)C6)c4C)c3Cl)n2C)C1. The number of likely N-dealkylation sites (N-methyl/N-ethyl adjacent to an activating group) is 1. The number of rotatable bonds is 7. The lowest BCUT2D eigenvalue weighted by atomic mass is 9.86. The van der Waals surface area contributed by atoms with Gasteiger partial charge < -0.3 is 19.8 Å². The lowest BCUT2D eigenvalue weighted by Gasteiger charge is -2.38. The van der Waals surface area contributed by atoms with Gasteiger partial charge in [0.1, 0.15) is 0 Å². The largest absolute Gasteiger partial charge is 0.327 e. The van der Waals surface area contributed by atoms with Crippen molar-refractivity contribution in [2.45, 2.75) is 78.4 Å². The van der Waals surface area contributed by atoms with E-state index in [2.05, 4.69) is 34.3 Å². The van der Waals surface area contributed by atoms with Gasteiger partial charge in [-0.1, -0.05) is 49.7 Å². The zero-order chi connectivity index (χ0) is 34.4. The Labute approximate surface area is 293 Å². The van der Waals surface area contributed by atoms with Gasteiger partial charge in [0.15, 0.2) is 11.6 Å². The van der Waals surface area contributed by atoms with E-state index in [1.165, 1.54) is 25.7 Å². The number of halogens is 1. The lowest BCUT2D eigenvalue weighted by Crippen LogP contribution is -2.41. The number of benzene rings is 2. The van der Waals surface area contributed by atoms with Crippen LogP contribution in [0.15, 0.2) is 36.4 Å². The molecule has 0 saturated heterocycles. The summed E-state index contributed by atoms with van der Waals surface area (Å²) in [6, 6.07) is 12.0. The number of carbonyl (C=O) groups is 2. The van der Waals surface area contributed by atoms with Crippen LogP contribution in [0.25, 0.3) is 11.1 Å². The average molecular weight is 683 g/mol. The van der Waals surface area contributed by atoms with Crippen molar-refractivity contribution < 1.29 is 9.59 Å². The molecule has 1 fully saturated rings. The van der Waals surface area contributed by atoms with E-state index < -0.39 is 0 Å². The first kappa shape index (κ1) is 33.5. The number of aromatic nitrogens is 4. The minimum Gasteiger partial charge on any atom is -0.327 e. The maximum absolute atomic E-state index is 13.7. The van der Waals surface area contributed by atoms with Crippen LogP contribution >= 0.6 is 11.6 Å². The van der Waals surface area contributed by atoms with Crippen molar-refractivity contribution >= 4 is 34.8 Å². The van der Waals surface area contributed by atoms with Gasteiger partial charge in [0.05, 0.1) is 22.1 Å². The molecule has 0 unspecified atom stereocenters. The second-order valence-electron chi connectivity index (χ2n) is 14.1. The Morgan fingerprint density at radius 3 is 2.04 bits per heavy atom. The molecule has 258 valence electrons. The topological polar surface area (TPSA) is 100 Å². The fourth-order valence-electron chi connectivity index (χ4n) is 7.98. The normalized spacial score (nSPS) is 19.7. The van der Waals surface area contributed by atoms with Crippen LogP contribution in [0.5, 0.6) is 0 Å². The predicted octanol–water partition coefficient (Wildman–Crippen LogP) is 6.60. The fourth-order valence-corrected chi connectivity index (χ4v) is 8.26. The molecule has 3 aliphatic rings. The Morgan fingerprint density at radius 2 is 1.39 bits per heavy atom. The molecule has 2 aromatic heterocycles. The minimum absolute atomic E-state index is 0.234. The summed E-state index contributed by atoms with van der Waals surface area (Å²) >= 11 is 6.98. The van der Waals surface area contributed by atoms with Crippen molar-refractivity contribution in [1.82, 2.24) is 28.9 Å². The highest BCUT2D eigenvalue weighted by molar-refractivity contribution is 6.36. The number of fused-ring (bicyclic) bond motifs is 2. The molecule has 0 radical (unpaired) electrons. The smallest absolute Gasteiger partial charge is 0.291 e. The molecule has 2 aromatic carbocycles. The van der Waals surface area contributed by atoms with E-state index >= 15 is 0 Å². The molecule has 4 heterocycles. The van der Waals surface area contributed by atoms with Crippen molar-refractivity contribution in [2.75, 3.05) is 30.3 Å². The van der Waals surface area contributed by atoms with Crippen molar-refractivity contribution in [1.29, 1.82) is 0 Å². The second kappa shape index (κ2) is 13.7. The third-order valence-corrected chi connectivity index (χ3v) is 11.5. The number of hydrogen-bond acceptors (Lipinski definition) is 6. The van der Waals surface area contributed by atoms with Gasteiger partial charge in [-0.3, -0.25) is 19.4 Å².